The molecule has 0 unspecified atom stereocenters. The summed E-state index contributed by atoms with van der Waals surface area (Å²) in [5.74, 6) is 0.278. The van der Waals surface area contributed by atoms with E-state index in [4.69, 9.17) is 0 Å². The van der Waals surface area contributed by atoms with Gasteiger partial charge in [0, 0.05) is 6.42 Å². The van der Waals surface area contributed by atoms with Crippen molar-refractivity contribution in [2.45, 2.75) is 38.9 Å². The van der Waals surface area contributed by atoms with Crippen LogP contribution in [0.1, 0.15) is 30.0 Å². The van der Waals surface area contributed by atoms with Crippen molar-refractivity contribution in [1.82, 2.24) is 0 Å². The van der Waals surface area contributed by atoms with E-state index in [0.29, 0.717) is 12.0 Å². The number of hydrogen-bond donors (Lipinski definition) is 0. The molecular formula is C19H24OSi. The highest BCUT2D eigenvalue weighted by Crippen LogP contribution is 2.32. The van der Waals surface area contributed by atoms with Gasteiger partial charge in [0.1, 0.15) is 5.78 Å². The molecule has 0 spiro atoms. The maximum atomic E-state index is 11.8. The van der Waals surface area contributed by atoms with E-state index in [9.17, 15) is 4.79 Å². The molecule has 0 radical (unpaired) electrons. The lowest BCUT2D eigenvalue weighted by molar-refractivity contribution is -0.117. The van der Waals surface area contributed by atoms with Crippen molar-refractivity contribution in [1.29, 1.82) is 0 Å². The van der Waals surface area contributed by atoms with Crippen molar-refractivity contribution in [2.24, 2.45) is 0 Å². The zero-order valence-electron chi connectivity index (χ0n) is 13.4. The van der Waals surface area contributed by atoms with Gasteiger partial charge in [-0.3, -0.25) is 0 Å². The summed E-state index contributed by atoms with van der Waals surface area (Å²) < 4.78 is 0. The minimum Gasteiger partial charge on any atom is -0.300 e. The minimum atomic E-state index is -1.76. The van der Waals surface area contributed by atoms with Crippen molar-refractivity contribution in [3.05, 3.63) is 65.7 Å². The first-order valence-corrected chi connectivity index (χ1v) is 10.6. The van der Waals surface area contributed by atoms with Crippen LogP contribution in [0.15, 0.2) is 54.6 Å². The number of rotatable bonds is 5. The molecule has 2 aromatic carbocycles. The van der Waals surface area contributed by atoms with Gasteiger partial charge in [-0.25, -0.2) is 0 Å². The minimum absolute atomic E-state index is 0.278. The fraction of sp³-hybridized carbons (Fsp3) is 0.316. The fourth-order valence-electron chi connectivity index (χ4n) is 3.09. The van der Waals surface area contributed by atoms with Gasteiger partial charge in [-0.05, 0) is 30.5 Å². The number of hydrogen-bond acceptors (Lipinski definition) is 1. The van der Waals surface area contributed by atoms with E-state index >= 15 is 0 Å². The molecule has 0 heterocycles. The third-order valence-electron chi connectivity index (χ3n) is 4.44. The van der Waals surface area contributed by atoms with Crippen LogP contribution in [0.25, 0.3) is 0 Å². The van der Waals surface area contributed by atoms with E-state index in [2.05, 4.69) is 74.6 Å². The van der Waals surface area contributed by atoms with Gasteiger partial charge < -0.3 is 4.79 Å². The van der Waals surface area contributed by atoms with Gasteiger partial charge in [0.2, 0.25) is 0 Å². The number of aryl methyl sites for hydroxylation is 1. The van der Waals surface area contributed by atoms with Crippen LogP contribution in [0.5, 0.6) is 0 Å². The van der Waals surface area contributed by atoms with Crippen LogP contribution in [0.3, 0.4) is 0 Å². The first-order chi connectivity index (χ1) is 9.93. The number of ketones is 1. The molecule has 0 saturated heterocycles. The maximum absolute atomic E-state index is 11.8. The SMILES string of the molecule is CC(=O)C[C@H](c1ccccc1C)[Si](C)(C)c1ccccc1. The summed E-state index contributed by atoms with van der Waals surface area (Å²) in [6.07, 6.45) is 0.638. The van der Waals surface area contributed by atoms with E-state index < -0.39 is 8.07 Å². The molecule has 0 N–H and O–H groups in total. The standard InChI is InChI=1S/C19H24OSi/c1-15-10-8-9-13-18(15)19(14-16(2)20)21(3,4)17-11-6-5-7-12-17/h5-13,19H,14H2,1-4H3/t19-/m1/s1. The molecule has 2 aromatic rings. The van der Waals surface area contributed by atoms with Crippen LogP contribution in [-0.2, 0) is 4.79 Å². The monoisotopic (exact) mass is 296 g/mol. The Morgan fingerprint density at radius 2 is 1.57 bits per heavy atom. The molecule has 1 atom stereocenters. The average molecular weight is 296 g/mol. The third kappa shape index (κ3) is 3.51. The van der Waals surface area contributed by atoms with Crippen LogP contribution in [0.4, 0.5) is 0 Å². The molecule has 0 aromatic heterocycles. The molecule has 0 aliphatic rings. The molecule has 0 fully saturated rings. The molecule has 2 rings (SSSR count). The van der Waals surface area contributed by atoms with E-state index in [-0.39, 0.29) is 5.78 Å². The van der Waals surface area contributed by atoms with E-state index in [1.807, 2.05) is 0 Å². The molecular weight excluding hydrogens is 272 g/mol. The molecule has 0 aliphatic heterocycles. The van der Waals surface area contributed by atoms with E-state index in [0.717, 1.165) is 0 Å². The Morgan fingerprint density at radius 1 is 1.00 bits per heavy atom. The van der Waals surface area contributed by atoms with Gasteiger partial charge in [-0.15, -0.1) is 0 Å². The number of carbonyl (C=O) groups excluding carboxylic acids is 1. The Kier molecular flexibility index (Phi) is 4.79. The Balaban J connectivity index is 2.50. The van der Waals surface area contributed by atoms with Gasteiger partial charge in [-0.2, -0.15) is 0 Å². The van der Waals surface area contributed by atoms with Crippen LogP contribution in [-0.4, -0.2) is 13.9 Å². The summed E-state index contributed by atoms with van der Waals surface area (Å²) in [6, 6.07) is 19.2. The van der Waals surface area contributed by atoms with Crippen molar-refractivity contribution in [2.75, 3.05) is 0 Å². The Morgan fingerprint density at radius 3 is 2.14 bits per heavy atom. The second-order valence-corrected chi connectivity index (χ2v) is 11.1. The Hall–Kier alpha value is -1.67. The van der Waals surface area contributed by atoms with Crippen LogP contribution < -0.4 is 5.19 Å². The molecule has 2 heteroatoms. The fourth-order valence-corrected chi connectivity index (χ4v) is 6.44. The molecule has 0 bridgehead atoms. The Labute approximate surface area is 129 Å². The van der Waals surface area contributed by atoms with Crippen molar-refractivity contribution in [3.63, 3.8) is 0 Å². The van der Waals surface area contributed by atoms with Gasteiger partial charge in [0.15, 0.2) is 0 Å². The maximum Gasteiger partial charge on any atom is 0.130 e. The third-order valence-corrected chi connectivity index (χ3v) is 8.52. The first kappa shape index (κ1) is 15.7. The lowest BCUT2D eigenvalue weighted by Gasteiger charge is -2.34. The second kappa shape index (κ2) is 6.40. The normalized spacial score (nSPS) is 13.0. The van der Waals surface area contributed by atoms with Crippen LogP contribution in [0, 0.1) is 6.92 Å². The van der Waals surface area contributed by atoms with Crippen LogP contribution >= 0.6 is 0 Å². The molecule has 0 amide bonds. The largest absolute Gasteiger partial charge is 0.300 e. The molecule has 1 nitrogen and oxygen atoms in total. The summed E-state index contributed by atoms with van der Waals surface area (Å²) >= 11 is 0. The number of benzene rings is 2. The highest BCUT2D eigenvalue weighted by molar-refractivity contribution is 6.91. The quantitative estimate of drug-likeness (QED) is 0.755. The van der Waals surface area contributed by atoms with E-state index in [1.54, 1.807) is 6.92 Å². The lowest BCUT2D eigenvalue weighted by Crippen LogP contribution is -2.48. The second-order valence-electron chi connectivity index (χ2n) is 6.40. The van der Waals surface area contributed by atoms with Gasteiger partial charge >= 0.3 is 0 Å². The van der Waals surface area contributed by atoms with Crippen LogP contribution in [0.2, 0.25) is 13.1 Å². The number of carbonyl (C=O) groups is 1. The Bertz CT molecular complexity index is 616. The average Bonchev–Trinajstić information content (AvgIpc) is 2.46. The smallest absolute Gasteiger partial charge is 0.130 e. The highest BCUT2D eigenvalue weighted by Gasteiger charge is 2.35. The number of Topliss-reactive ketones (excluding diaryl/α,β-unsaturated/α-hetero) is 1. The van der Waals surface area contributed by atoms with Gasteiger partial charge in [0.05, 0.1) is 8.07 Å². The summed E-state index contributed by atoms with van der Waals surface area (Å²) in [5, 5.41) is 1.42. The van der Waals surface area contributed by atoms with Crippen molar-refractivity contribution >= 4 is 19.0 Å². The first-order valence-electron chi connectivity index (χ1n) is 7.53. The van der Waals surface area contributed by atoms with Crippen molar-refractivity contribution in [3.8, 4) is 0 Å². The summed E-state index contributed by atoms with van der Waals surface area (Å²) in [7, 11) is -1.76. The zero-order chi connectivity index (χ0) is 15.5. The molecule has 21 heavy (non-hydrogen) atoms. The lowest BCUT2D eigenvalue weighted by atomic mass is 10.0. The summed E-state index contributed by atoms with van der Waals surface area (Å²) in [6.45, 7) is 8.61. The molecule has 0 aliphatic carbocycles. The summed E-state index contributed by atoms with van der Waals surface area (Å²) in [5.41, 5.74) is 2.96. The predicted molar refractivity (Wildman–Crippen MR) is 92.8 cm³/mol. The van der Waals surface area contributed by atoms with Crippen molar-refractivity contribution < 1.29 is 4.79 Å². The topological polar surface area (TPSA) is 17.1 Å². The summed E-state index contributed by atoms with van der Waals surface area (Å²) in [4.78, 5) is 11.8. The van der Waals surface area contributed by atoms with E-state index in [1.165, 1.54) is 16.3 Å². The predicted octanol–water partition coefficient (Wildman–Crippen LogP) is 4.21. The zero-order valence-corrected chi connectivity index (χ0v) is 14.4. The van der Waals surface area contributed by atoms with Gasteiger partial charge in [-0.1, -0.05) is 72.9 Å². The highest BCUT2D eigenvalue weighted by atomic mass is 28.3. The molecule has 110 valence electrons. The van der Waals surface area contributed by atoms with Gasteiger partial charge in [0.25, 0.3) is 0 Å². The molecule has 0 saturated carbocycles.